The molecule has 3 aromatic rings. The summed E-state index contributed by atoms with van der Waals surface area (Å²) in [7, 11) is 0. The zero-order valence-corrected chi connectivity index (χ0v) is 15.1. The highest BCUT2D eigenvalue weighted by Gasteiger charge is 2.52. The third-order valence-electron chi connectivity index (χ3n) is 4.37. The Kier molecular flexibility index (Phi) is 4.21. The Hall–Kier alpha value is -2.37. The van der Waals surface area contributed by atoms with Crippen molar-refractivity contribution in [3.63, 3.8) is 0 Å². The van der Waals surface area contributed by atoms with Crippen LogP contribution in [0.15, 0.2) is 59.4 Å². The van der Waals surface area contributed by atoms with E-state index in [1.54, 1.807) is 48.5 Å². The number of benzene rings is 2. The second-order valence-electron chi connectivity index (χ2n) is 6.21. The number of alkyl halides is 2. The largest absolute Gasteiger partial charge is 0.460 e. The van der Waals surface area contributed by atoms with Crippen molar-refractivity contribution in [1.82, 2.24) is 9.78 Å². The molecule has 1 saturated carbocycles. The molecule has 5 nitrogen and oxygen atoms in total. The quantitative estimate of drug-likeness (QED) is 0.504. The van der Waals surface area contributed by atoms with Gasteiger partial charge in [0.05, 0.1) is 17.7 Å². The number of carbonyl (C=O) groups excluding carboxylic acids is 1. The lowest BCUT2D eigenvalue weighted by atomic mass is 10.1. The average molecular weight is 389 g/mol. The van der Waals surface area contributed by atoms with Gasteiger partial charge in [0.25, 0.3) is 5.56 Å². The third-order valence-corrected chi connectivity index (χ3v) is 5.30. The maximum atomic E-state index is 12.8. The summed E-state index contributed by atoms with van der Waals surface area (Å²) in [6.45, 7) is 0.117. The van der Waals surface area contributed by atoms with Gasteiger partial charge in [0.15, 0.2) is 5.69 Å². The lowest BCUT2D eigenvalue weighted by Gasteiger charge is -2.11. The summed E-state index contributed by atoms with van der Waals surface area (Å²) in [5.41, 5.74) is 0.352. The monoisotopic (exact) mass is 388 g/mol. The first-order valence-corrected chi connectivity index (χ1v) is 8.85. The molecule has 0 N–H and O–H groups in total. The molecule has 1 aliphatic rings. The molecule has 1 aromatic heterocycles. The first-order valence-electron chi connectivity index (χ1n) is 8.10. The number of fused-ring (bicyclic) bond motifs is 1. The molecule has 1 aliphatic carbocycles. The fraction of sp³-hybridized carbons (Fsp3) is 0.211. The normalized spacial score (nSPS) is 17.8. The van der Waals surface area contributed by atoms with E-state index in [0.717, 1.165) is 0 Å². The second kappa shape index (κ2) is 6.41. The molecule has 1 fully saturated rings. The van der Waals surface area contributed by atoms with Crippen molar-refractivity contribution < 1.29 is 9.53 Å². The third kappa shape index (κ3) is 3.08. The first kappa shape index (κ1) is 17.1. The molecule has 7 heteroatoms. The van der Waals surface area contributed by atoms with Crippen LogP contribution >= 0.6 is 23.2 Å². The predicted molar refractivity (Wildman–Crippen MR) is 100 cm³/mol. The van der Waals surface area contributed by atoms with E-state index in [2.05, 4.69) is 5.10 Å². The number of rotatable bonds is 4. The smallest absolute Gasteiger partial charge is 0.359 e. The van der Waals surface area contributed by atoms with Gasteiger partial charge in [-0.05, 0) is 24.6 Å². The molecule has 2 aromatic carbocycles. The van der Waals surface area contributed by atoms with Crippen LogP contribution in [0.1, 0.15) is 16.9 Å². The van der Waals surface area contributed by atoms with Crippen molar-refractivity contribution in [2.75, 3.05) is 6.61 Å². The number of hydrogen-bond acceptors (Lipinski definition) is 4. The van der Waals surface area contributed by atoms with E-state index < -0.39 is 10.3 Å². The maximum Gasteiger partial charge on any atom is 0.359 e. The van der Waals surface area contributed by atoms with Crippen LogP contribution in [0.2, 0.25) is 0 Å². The number of carbonyl (C=O) groups is 1. The van der Waals surface area contributed by atoms with Crippen molar-refractivity contribution >= 4 is 39.9 Å². The van der Waals surface area contributed by atoms with Crippen LogP contribution in [-0.2, 0) is 4.74 Å². The Morgan fingerprint density at radius 2 is 1.73 bits per heavy atom. The minimum atomic E-state index is -0.821. The van der Waals surface area contributed by atoms with Crippen LogP contribution in [0.25, 0.3) is 16.5 Å². The molecule has 1 atom stereocenters. The van der Waals surface area contributed by atoms with Gasteiger partial charge in [-0.2, -0.15) is 9.78 Å². The van der Waals surface area contributed by atoms with Gasteiger partial charge in [-0.25, -0.2) is 4.79 Å². The van der Waals surface area contributed by atoms with E-state index in [1.165, 1.54) is 4.68 Å². The van der Waals surface area contributed by atoms with Crippen LogP contribution in [0.4, 0.5) is 0 Å². The van der Waals surface area contributed by atoms with Gasteiger partial charge in [-0.15, -0.1) is 23.2 Å². The van der Waals surface area contributed by atoms with E-state index in [4.69, 9.17) is 27.9 Å². The van der Waals surface area contributed by atoms with Gasteiger partial charge < -0.3 is 4.74 Å². The van der Waals surface area contributed by atoms with Gasteiger partial charge in [0.1, 0.15) is 4.33 Å². The van der Waals surface area contributed by atoms with E-state index in [1.807, 2.05) is 6.07 Å². The summed E-state index contributed by atoms with van der Waals surface area (Å²) >= 11 is 11.9. The lowest BCUT2D eigenvalue weighted by molar-refractivity contribution is 0.0479. The minimum Gasteiger partial charge on any atom is -0.460 e. The summed E-state index contributed by atoms with van der Waals surface area (Å²) < 4.78 is 5.73. The average Bonchev–Trinajstić information content (AvgIpc) is 3.27. The lowest BCUT2D eigenvalue weighted by Crippen LogP contribution is -2.25. The molecule has 0 saturated heterocycles. The highest BCUT2D eigenvalue weighted by atomic mass is 35.5. The highest BCUT2D eigenvalue weighted by molar-refractivity contribution is 6.50. The van der Waals surface area contributed by atoms with E-state index in [9.17, 15) is 9.59 Å². The van der Waals surface area contributed by atoms with E-state index in [0.29, 0.717) is 22.9 Å². The topological polar surface area (TPSA) is 61.2 Å². The number of esters is 1. The number of halogens is 2. The molecule has 132 valence electrons. The zero-order chi connectivity index (χ0) is 18.3. The van der Waals surface area contributed by atoms with E-state index >= 15 is 0 Å². The number of hydrogen-bond donors (Lipinski definition) is 0. The predicted octanol–water partition coefficient (Wildman–Crippen LogP) is 3.74. The van der Waals surface area contributed by atoms with Crippen LogP contribution < -0.4 is 5.56 Å². The maximum absolute atomic E-state index is 12.8. The first-order chi connectivity index (χ1) is 12.5. The van der Waals surface area contributed by atoms with Crippen molar-refractivity contribution in [1.29, 1.82) is 0 Å². The Bertz CT molecular complexity index is 1050. The molecular weight excluding hydrogens is 375 g/mol. The van der Waals surface area contributed by atoms with Crippen molar-refractivity contribution in [3.8, 4) is 5.69 Å². The molecule has 0 spiro atoms. The summed E-state index contributed by atoms with van der Waals surface area (Å²) in [5.74, 6) is -0.692. The molecule has 0 radical (unpaired) electrons. The SMILES string of the molecule is O=C(OC[C@@H]1CC1(Cl)Cl)c1nn(-c2ccccc2)c(=O)c2ccccc12. The molecule has 1 heterocycles. The molecule has 26 heavy (non-hydrogen) atoms. The molecule has 0 aliphatic heterocycles. The van der Waals surface area contributed by atoms with E-state index in [-0.39, 0.29) is 23.8 Å². The standard InChI is InChI=1S/C19H14Cl2N2O3/c20-19(21)10-12(19)11-26-18(25)16-14-8-4-5-9-15(14)17(24)23(22-16)13-6-2-1-3-7-13/h1-9,12H,10-11H2/t12-/m0/s1. The van der Waals surface area contributed by atoms with Gasteiger partial charge in [-0.3, -0.25) is 4.79 Å². The van der Waals surface area contributed by atoms with Gasteiger partial charge in [-0.1, -0.05) is 36.4 Å². The van der Waals surface area contributed by atoms with Crippen molar-refractivity contribution in [3.05, 3.63) is 70.6 Å². The molecular formula is C19H14Cl2N2O3. The van der Waals surface area contributed by atoms with Crippen LogP contribution in [-0.4, -0.2) is 26.7 Å². The fourth-order valence-corrected chi connectivity index (χ4v) is 3.28. The van der Waals surface area contributed by atoms with Gasteiger partial charge in [0, 0.05) is 11.3 Å². The number of ether oxygens (including phenoxy) is 1. The number of aromatic nitrogens is 2. The minimum absolute atomic E-state index is 0.0823. The van der Waals surface area contributed by atoms with Crippen molar-refractivity contribution in [2.45, 2.75) is 10.8 Å². The van der Waals surface area contributed by atoms with Gasteiger partial charge >= 0.3 is 5.97 Å². The van der Waals surface area contributed by atoms with Crippen LogP contribution in [0, 0.1) is 5.92 Å². The fourth-order valence-electron chi connectivity index (χ4n) is 2.78. The summed E-state index contributed by atoms with van der Waals surface area (Å²) in [4.78, 5) is 25.4. The number of para-hydroxylation sites is 1. The summed E-state index contributed by atoms with van der Waals surface area (Å²) in [5, 5.41) is 5.12. The molecule has 0 bridgehead atoms. The zero-order valence-electron chi connectivity index (χ0n) is 13.6. The second-order valence-corrected chi connectivity index (χ2v) is 7.75. The van der Waals surface area contributed by atoms with Crippen LogP contribution in [0.3, 0.4) is 0 Å². The Balaban J connectivity index is 1.77. The van der Waals surface area contributed by atoms with Crippen molar-refractivity contribution in [2.24, 2.45) is 5.92 Å². The molecule has 0 amide bonds. The summed E-state index contributed by atoms with van der Waals surface area (Å²) in [6, 6.07) is 15.8. The van der Waals surface area contributed by atoms with Gasteiger partial charge in [0.2, 0.25) is 0 Å². The van der Waals surface area contributed by atoms with Crippen LogP contribution in [0.5, 0.6) is 0 Å². The Morgan fingerprint density at radius 3 is 2.38 bits per heavy atom. The molecule has 0 unspecified atom stereocenters. The Morgan fingerprint density at radius 1 is 1.12 bits per heavy atom. The number of nitrogens with zero attached hydrogens (tertiary/aromatic N) is 2. The summed E-state index contributed by atoms with van der Waals surface area (Å²) in [6.07, 6.45) is 0.584. The Labute approximate surface area is 159 Å². The highest BCUT2D eigenvalue weighted by Crippen LogP contribution is 2.53. The molecule has 4 rings (SSSR count).